The van der Waals surface area contributed by atoms with E-state index in [0.29, 0.717) is 0 Å². The van der Waals surface area contributed by atoms with Gasteiger partial charge in [0.15, 0.2) is 0 Å². The lowest BCUT2D eigenvalue weighted by Crippen LogP contribution is -2.10. The van der Waals surface area contributed by atoms with Crippen molar-refractivity contribution in [2.24, 2.45) is 0 Å². The molecule has 0 aliphatic heterocycles. The Kier molecular flexibility index (Phi) is 9.84. The van der Waals surface area contributed by atoms with Gasteiger partial charge in [0, 0.05) is 55.4 Å². The van der Waals surface area contributed by atoms with Crippen LogP contribution in [0.3, 0.4) is 0 Å². The molecule has 13 rings (SSSR count). The minimum absolute atomic E-state index is 0.890. The lowest BCUT2D eigenvalue weighted by atomic mass is 9.97. The zero-order chi connectivity index (χ0) is 45.7. The van der Waals surface area contributed by atoms with Crippen molar-refractivity contribution in [3.8, 4) is 61.3 Å². The van der Waals surface area contributed by atoms with Crippen LogP contribution in [0.1, 0.15) is 0 Å². The van der Waals surface area contributed by atoms with E-state index in [1.54, 1.807) is 0 Å². The average Bonchev–Trinajstić information content (AvgIpc) is 3.99. The van der Waals surface area contributed by atoms with Gasteiger partial charge in [0.25, 0.3) is 0 Å². The maximum Gasteiger partial charge on any atom is 0.143 e. The standard InChI is InChI=1S/C66H44N2O/c1-4-17-45(18-5-1)51-41-52(46-19-6-2-7-20-46)44-56(43-51)67(53-37-33-47(34-38-53)50-23-14-24-55(42-50)68-63-31-12-10-25-59(63)60-26-11-13-32-64(60)68)54-39-35-49(36-40-54)58-28-16-30-62-61-29-15-27-57(65(61)69-66(58)62)48-21-8-3-9-22-48/h1-44H. The van der Waals surface area contributed by atoms with E-state index >= 15 is 0 Å². The first kappa shape index (κ1) is 40.1. The van der Waals surface area contributed by atoms with Crippen molar-refractivity contribution >= 4 is 60.8 Å². The number of hydrogen-bond donors (Lipinski definition) is 0. The Morgan fingerprint density at radius 3 is 1.20 bits per heavy atom. The topological polar surface area (TPSA) is 21.3 Å². The molecule has 69 heavy (non-hydrogen) atoms. The van der Waals surface area contributed by atoms with Crippen LogP contribution in [0.2, 0.25) is 0 Å². The lowest BCUT2D eigenvalue weighted by Gasteiger charge is -2.27. The van der Waals surface area contributed by atoms with Crippen molar-refractivity contribution in [1.82, 2.24) is 4.57 Å². The Bertz CT molecular complexity index is 3870. The molecule has 0 spiro atoms. The molecule has 0 radical (unpaired) electrons. The number of anilines is 3. The van der Waals surface area contributed by atoms with Crippen LogP contribution in [0.15, 0.2) is 271 Å². The fraction of sp³-hybridized carbons (Fsp3) is 0. The minimum Gasteiger partial charge on any atom is -0.455 e. The Morgan fingerprint density at radius 2 is 0.667 bits per heavy atom. The Balaban J connectivity index is 0.931. The van der Waals surface area contributed by atoms with Crippen molar-refractivity contribution in [2.45, 2.75) is 0 Å². The first-order valence-corrected chi connectivity index (χ1v) is 23.6. The zero-order valence-corrected chi connectivity index (χ0v) is 37.7. The largest absolute Gasteiger partial charge is 0.455 e. The van der Waals surface area contributed by atoms with Crippen LogP contribution >= 0.6 is 0 Å². The van der Waals surface area contributed by atoms with Gasteiger partial charge < -0.3 is 13.9 Å². The molecule has 0 bridgehead atoms. The van der Waals surface area contributed by atoms with E-state index in [0.717, 1.165) is 89.2 Å². The molecule has 3 heteroatoms. The number of benzene rings is 11. The van der Waals surface area contributed by atoms with Crippen LogP contribution in [-0.4, -0.2) is 4.57 Å². The maximum atomic E-state index is 6.85. The first-order chi connectivity index (χ1) is 34.2. The van der Waals surface area contributed by atoms with Gasteiger partial charge in [-0.2, -0.15) is 0 Å². The average molecular weight is 881 g/mol. The first-order valence-electron chi connectivity index (χ1n) is 23.6. The highest BCUT2D eigenvalue weighted by molar-refractivity contribution is 6.13. The number of fused-ring (bicyclic) bond motifs is 6. The lowest BCUT2D eigenvalue weighted by molar-refractivity contribution is 0.671. The monoisotopic (exact) mass is 880 g/mol. The second-order valence-corrected chi connectivity index (χ2v) is 17.7. The second kappa shape index (κ2) is 16.9. The quantitative estimate of drug-likeness (QED) is 0.144. The second-order valence-electron chi connectivity index (χ2n) is 17.7. The SMILES string of the molecule is c1ccc(-c2cc(-c3ccccc3)cc(N(c3ccc(-c4cccc(-n5c6ccccc6c6ccccc65)c4)cc3)c3ccc(-c4cccc5c4oc4c(-c6ccccc6)cccc45)cc3)c2)cc1. The summed E-state index contributed by atoms with van der Waals surface area (Å²) < 4.78 is 9.24. The molecule has 0 aliphatic rings. The van der Waals surface area contributed by atoms with Crippen LogP contribution < -0.4 is 4.90 Å². The minimum atomic E-state index is 0.890. The predicted molar refractivity (Wildman–Crippen MR) is 290 cm³/mol. The van der Waals surface area contributed by atoms with E-state index in [-0.39, 0.29) is 0 Å². The van der Waals surface area contributed by atoms with Gasteiger partial charge in [0.2, 0.25) is 0 Å². The molecule has 0 N–H and O–H groups in total. The molecule has 3 nitrogen and oxygen atoms in total. The van der Waals surface area contributed by atoms with Gasteiger partial charge in [0.1, 0.15) is 11.2 Å². The number of hydrogen-bond acceptors (Lipinski definition) is 2. The molecule has 0 saturated heterocycles. The summed E-state index contributed by atoms with van der Waals surface area (Å²) in [5, 5.41) is 4.74. The zero-order valence-electron chi connectivity index (χ0n) is 37.7. The molecular formula is C66H44N2O. The molecule has 0 amide bonds. The number of para-hydroxylation sites is 4. The van der Waals surface area contributed by atoms with Gasteiger partial charge in [-0.1, -0.05) is 200 Å². The molecular weight excluding hydrogens is 837 g/mol. The van der Waals surface area contributed by atoms with Crippen molar-refractivity contribution in [1.29, 1.82) is 0 Å². The Hall–Kier alpha value is -9.18. The van der Waals surface area contributed by atoms with Crippen LogP contribution in [0.25, 0.3) is 105 Å². The predicted octanol–water partition coefficient (Wildman–Crippen LogP) is 18.5. The van der Waals surface area contributed by atoms with E-state index in [9.17, 15) is 0 Å². The summed E-state index contributed by atoms with van der Waals surface area (Å²) >= 11 is 0. The van der Waals surface area contributed by atoms with Crippen LogP contribution in [0.4, 0.5) is 17.1 Å². The third-order valence-electron chi connectivity index (χ3n) is 13.6. The molecule has 324 valence electrons. The van der Waals surface area contributed by atoms with Gasteiger partial charge in [-0.05, 0) is 111 Å². The van der Waals surface area contributed by atoms with Crippen LogP contribution in [0, 0.1) is 0 Å². The molecule has 0 saturated carbocycles. The van der Waals surface area contributed by atoms with E-state index in [1.807, 2.05) is 0 Å². The molecule has 2 heterocycles. The summed E-state index contributed by atoms with van der Waals surface area (Å²) in [4.78, 5) is 2.38. The molecule has 0 unspecified atom stereocenters. The Morgan fingerprint density at radius 1 is 0.261 bits per heavy atom. The van der Waals surface area contributed by atoms with Crippen molar-refractivity contribution in [3.05, 3.63) is 267 Å². The van der Waals surface area contributed by atoms with Gasteiger partial charge >= 0.3 is 0 Å². The summed E-state index contributed by atoms with van der Waals surface area (Å²) in [6, 6.07) is 96.0. The molecule has 11 aromatic carbocycles. The molecule has 2 aromatic heterocycles. The fourth-order valence-corrected chi connectivity index (χ4v) is 10.3. The molecule has 0 atom stereocenters. The number of furan rings is 1. The number of aromatic nitrogens is 1. The summed E-state index contributed by atoms with van der Waals surface area (Å²) in [6.45, 7) is 0. The van der Waals surface area contributed by atoms with Crippen molar-refractivity contribution in [3.63, 3.8) is 0 Å². The van der Waals surface area contributed by atoms with E-state index in [4.69, 9.17) is 4.42 Å². The number of nitrogens with zero attached hydrogens (tertiary/aromatic N) is 2. The third kappa shape index (κ3) is 7.16. The van der Waals surface area contributed by atoms with Crippen molar-refractivity contribution < 1.29 is 4.42 Å². The molecule has 0 aliphatic carbocycles. The summed E-state index contributed by atoms with van der Waals surface area (Å²) in [6.07, 6.45) is 0. The number of rotatable bonds is 9. The summed E-state index contributed by atoms with van der Waals surface area (Å²) in [7, 11) is 0. The smallest absolute Gasteiger partial charge is 0.143 e. The highest BCUT2D eigenvalue weighted by Gasteiger charge is 2.20. The Labute approximate surface area is 401 Å². The van der Waals surface area contributed by atoms with Gasteiger partial charge in [-0.25, -0.2) is 0 Å². The molecule has 13 aromatic rings. The summed E-state index contributed by atoms with van der Waals surface area (Å²) in [5.74, 6) is 0. The van der Waals surface area contributed by atoms with Crippen molar-refractivity contribution in [2.75, 3.05) is 4.90 Å². The normalized spacial score (nSPS) is 11.5. The van der Waals surface area contributed by atoms with Crippen LogP contribution in [-0.2, 0) is 0 Å². The van der Waals surface area contributed by atoms with E-state index < -0.39 is 0 Å². The van der Waals surface area contributed by atoms with E-state index in [2.05, 4.69) is 276 Å². The fourth-order valence-electron chi connectivity index (χ4n) is 10.3. The van der Waals surface area contributed by atoms with Crippen LogP contribution in [0.5, 0.6) is 0 Å². The maximum absolute atomic E-state index is 6.85. The van der Waals surface area contributed by atoms with Gasteiger partial charge in [0.05, 0.1) is 11.0 Å². The third-order valence-corrected chi connectivity index (χ3v) is 13.6. The van der Waals surface area contributed by atoms with E-state index in [1.165, 1.54) is 32.9 Å². The highest BCUT2D eigenvalue weighted by Crippen LogP contribution is 2.44. The summed E-state index contributed by atoms with van der Waals surface area (Å²) in [5.41, 5.74) is 19.8. The molecule has 0 fully saturated rings. The highest BCUT2D eigenvalue weighted by atomic mass is 16.3. The van der Waals surface area contributed by atoms with Gasteiger partial charge in [-0.3, -0.25) is 0 Å². The van der Waals surface area contributed by atoms with Gasteiger partial charge in [-0.15, -0.1) is 0 Å².